The number of hydrogen-bond donors (Lipinski definition) is 0. The molecule has 0 aliphatic heterocycles. The Morgan fingerprint density at radius 1 is 0.773 bits per heavy atom. The Hall–Kier alpha value is -2.26. The molecule has 4 aromatic rings. The molecule has 1 nitrogen and oxygen atoms in total. The van der Waals surface area contributed by atoms with Crippen LogP contribution in [0.25, 0.3) is 32.7 Å². The average molecular weight is 352 g/mol. The molecule has 106 valence electrons. The monoisotopic (exact) mass is 351 g/mol. The summed E-state index contributed by atoms with van der Waals surface area (Å²) in [7, 11) is 0. The third-order valence-electron chi connectivity index (χ3n) is 3.88. The number of halogens is 2. The highest BCUT2D eigenvalue weighted by Crippen LogP contribution is 2.41. The van der Waals surface area contributed by atoms with E-state index in [2.05, 4.69) is 45.2 Å². The predicted octanol–water partition coefficient (Wildman–Crippen LogP) is 5.96. The van der Waals surface area contributed by atoms with Crippen LogP contribution in [-0.4, -0.2) is 4.98 Å². The van der Waals surface area contributed by atoms with E-state index >= 15 is 0 Å². The Labute approximate surface area is 135 Å². The normalized spacial score (nSPS) is 11.2. The van der Waals surface area contributed by atoms with Crippen LogP contribution in [0.1, 0.15) is 0 Å². The Bertz CT molecular complexity index is 954. The van der Waals surface area contributed by atoms with Gasteiger partial charge in [-0.2, -0.15) is 4.39 Å². The minimum atomic E-state index is -0.464. The molecule has 0 aliphatic carbocycles. The van der Waals surface area contributed by atoms with E-state index in [4.69, 9.17) is 0 Å². The van der Waals surface area contributed by atoms with Crippen molar-refractivity contribution in [3.05, 3.63) is 77.3 Å². The first-order valence-corrected chi connectivity index (χ1v) is 7.76. The van der Waals surface area contributed by atoms with E-state index in [1.54, 1.807) is 0 Å². The summed E-state index contributed by atoms with van der Waals surface area (Å²) in [6, 6.07) is 19.7. The summed E-state index contributed by atoms with van der Waals surface area (Å²) < 4.78 is 14.7. The minimum absolute atomic E-state index is 0.464. The molecular weight excluding hydrogens is 341 g/mol. The fourth-order valence-corrected chi connectivity index (χ4v) is 3.64. The van der Waals surface area contributed by atoms with Crippen molar-refractivity contribution in [3.63, 3.8) is 0 Å². The molecule has 0 atom stereocenters. The molecule has 0 radical (unpaired) electrons. The van der Waals surface area contributed by atoms with Gasteiger partial charge in [0.1, 0.15) is 0 Å². The SMILES string of the molecule is Fc1cc(-c2c3ccccc3c(Br)c3ccccc23)ccn1. The van der Waals surface area contributed by atoms with Gasteiger partial charge in [0.25, 0.3) is 0 Å². The first-order chi connectivity index (χ1) is 10.8. The Balaban J connectivity index is 2.26. The lowest BCUT2D eigenvalue weighted by molar-refractivity contribution is 0.584. The zero-order valence-electron chi connectivity index (χ0n) is 11.6. The molecule has 1 heterocycles. The predicted molar refractivity (Wildman–Crippen MR) is 92.3 cm³/mol. The summed E-state index contributed by atoms with van der Waals surface area (Å²) in [6.07, 6.45) is 1.51. The molecule has 0 saturated heterocycles. The second kappa shape index (κ2) is 5.18. The van der Waals surface area contributed by atoms with Gasteiger partial charge >= 0.3 is 0 Å². The molecule has 0 bridgehead atoms. The summed E-state index contributed by atoms with van der Waals surface area (Å²) in [5.41, 5.74) is 1.88. The van der Waals surface area contributed by atoms with Crippen molar-refractivity contribution in [1.82, 2.24) is 4.98 Å². The summed E-state index contributed by atoms with van der Waals surface area (Å²) in [5.74, 6) is -0.464. The molecule has 22 heavy (non-hydrogen) atoms. The number of aromatic nitrogens is 1. The summed E-state index contributed by atoms with van der Waals surface area (Å²) in [6.45, 7) is 0. The van der Waals surface area contributed by atoms with Crippen molar-refractivity contribution >= 4 is 37.5 Å². The summed E-state index contributed by atoms with van der Waals surface area (Å²) >= 11 is 3.72. The average Bonchev–Trinajstić information content (AvgIpc) is 2.55. The number of fused-ring (bicyclic) bond motifs is 2. The molecule has 3 heteroatoms. The molecule has 0 fully saturated rings. The van der Waals surface area contributed by atoms with E-state index in [1.807, 2.05) is 30.3 Å². The molecule has 0 aliphatic rings. The van der Waals surface area contributed by atoms with Crippen LogP contribution in [0.2, 0.25) is 0 Å². The Morgan fingerprint density at radius 2 is 1.32 bits per heavy atom. The van der Waals surface area contributed by atoms with E-state index in [1.165, 1.54) is 12.3 Å². The first-order valence-electron chi connectivity index (χ1n) is 6.96. The van der Waals surface area contributed by atoms with Crippen molar-refractivity contribution in [2.24, 2.45) is 0 Å². The highest BCUT2D eigenvalue weighted by atomic mass is 79.9. The second-order valence-corrected chi connectivity index (χ2v) is 5.94. The van der Waals surface area contributed by atoms with E-state index < -0.39 is 5.95 Å². The van der Waals surface area contributed by atoms with Crippen LogP contribution in [0.5, 0.6) is 0 Å². The lowest BCUT2D eigenvalue weighted by Gasteiger charge is -2.14. The molecule has 0 amide bonds. The van der Waals surface area contributed by atoms with Crippen molar-refractivity contribution in [2.45, 2.75) is 0 Å². The van der Waals surface area contributed by atoms with E-state index in [9.17, 15) is 4.39 Å². The highest BCUT2D eigenvalue weighted by molar-refractivity contribution is 9.10. The molecule has 3 aromatic carbocycles. The van der Waals surface area contributed by atoms with Crippen LogP contribution >= 0.6 is 15.9 Å². The quantitative estimate of drug-likeness (QED) is 0.304. The standard InChI is InChI=1S/C19H11BrFN/c20-19-15-7-3-1-5-13(15)18(12-9-10-22-17(21)11-12)14-6-2-4-8-16(14)19/h1-11H. The zero-order valence-corrected chi connectivity index (χ0v) is 13.1. The zero-order chi connectivity index (χ0) is 15.1. The molecule has 0 saturated carbocycles. The minimum Gasteiger partial charge on any atom is -0.228 e. The van der Waals surface area contributed by atoms with Gasteiger partial charge < -0.3 is 0 Å². The Kier molecular flexibility index (Phi) is 3.16. The van der Waals surface area contributed by atoms with Gasteiger partial charge in [0, 0.05) is 16.7 Å². The molecule has 1 aromatic heterocycles. The lowest BCUT2D eigenvalue weighted by Crippen LogP contribution is -1.89. The summed E-state index contributed by atoms with van der Waals surface area (Å²) in [4.78, 5) is 3.67. The number of hydrogen-bond acceptors (Lipinski definition) is 1. The third-order valence-corrected chi connectivity index (χ3v) is 4.74. The second-order valence-electron chi connectivity index (χ2n) is 5.15. The fraction of sp³-hybridized carbons (Fsp3) is 0. The topological polar surface area (TPSA) is 12.9 Å². The van der Waals surface area contributed by atoms with Crippen molar-refractivity contribution in [3.8, 4) is 11.1 Å². The van der Waals surface area contributed by atoms with Crippen molar-refractivity contribution in [2.75, 3.05) is 0 Å². The van der Waals surface area contributed by atoms with Gasteiger partial charge in [0.15, 0.2) is 0 Å². The van der Waals surface area contributed by atoms with Crippen LogP contribution in [0.4, 0.5) is 4.39 Å². The molecular formula is C19H11BrFN. The van der Waals surface area contributed by atoms with Gasteiger partial charge in [0.05, 0.1) is 0 Å². The largest absolute Gasteiger partial charge is 0.228 e. The number of nitrogens with zero attached hydrogens (tertiary/aromatic N) is 1. The van der Waals surface area contributed by atoms with Crippen LogP contribution in [0.3, 0.4) is 0 Å². The smallest absolute Gasteiger partial charge is 0.213 e. The molecule has 4 rings (SSSR count). The van der Waals surface area contributed by atoms with Crippen LogP contribution in [0.15, 0.2) is 71.3 Å². The molecule has 0 unspecified atom stereocenters. The molecule has 0 spiro atoms. The van der Waals surface area contributed by atoms with Gasteiger partial charge in [-0.15, -0.1) is 0 Å². The molecule has 0 N–H and O–H groups in total. The van der Waals surface area contributed by atoms with E-state index in [-0.39, 0.29) is 0 Å². The van der Waals surface area contributed by atoms with Crippen LogP contribution in [0, 0.1) is 5.95 Å². The fourth-order valence-electron chi connectivity index (χ4n) is 2.94. The highest BCUT2D eigenvalue weighted by Gasteiger charge is 2.13. The number of rotatable bonds is 1. The van der Waals surface area contributed by atoms with Crippen molar-refractivity contribution < 1.29 is 4.39 Å². The first kappa shape index (κ1) is 13.4. The van der Waals surface area contributed by atoms with Gasteiger partial charge in [-0.3, -0.25) is 0 Å². The number of benzene rings is 3. The van der Waals surface area contributed by atoms with Gasteiger partial charge in [0.2, 0.25) is 5.95 Å². The maximum atomic E-state index is 13.6. The van der Waals surface area contributed by atoms with Crippen molar-refractivity contribution in [1.29, 1.82) is 0 Å². The third kappa shape index (κ3) is 2.01. The maximum Gasteiger partial charge on any atom is 0.213 e. The van der Waals surface area contributed by atoms with E-state index in [0.29, 0.717) is 0 Å². The van der Waals surface area contributed by atoms with Gasteiger partial charge in [-0.1, -0.05) is 48.5 Å². The summed E-state index contributed by atoms with van der Waals surface area (Å²) in [5, 5.41) is 4.43. The number of pyridine rings is 1. The Morgan fingerprint density at radius 3 is 1.86 bits per heavy atom. The van der Waals surface area contributed by atoms with Gasteiger partial charge in [-0.25, -0.2) is 4.98 Å². The van der Waals surface area contributed by atoms with Crippen LogP contribution < -0.4 is 0 Å². The van der Waals surface area contributed by atoms with E-state index in [0.717, 1.165) is 37.1 Å². The maximum absolute atomic E-state index is 13.6. The van der Waals surface area contributed by atoms with Gasteiger partial charge in [-0.05, 0) is 54.7 Å². The lowest BCUT2D eigenvalue weighted by atomic mass is 9.92. The van der Waals surface area contributed by atoms with Crippen LogP contribution in [-0.2, 0) is 0 Å².